The molecule has 0 spiro atoms. The molecule has 2 atom stereocenters. The summed E-state index contributed by atoms with van der Waals surface area (Å²) in [7, 11) is 0. The number of aromatic nitrogens is 1. The number of anilines is 2. The first-order chi connectivity index (χ1) is 8.44. The molecule has 0 amide bonds. The van der Waals surface area contributed by atoms with Gasteiger partial charge in [-0.2, -0.15) is 0 Å². The molecule has 18 heavy (non-hydrogen) atoms. The minimum absolute atomic E-state index is 0.0131. The fourth-order valence-electron chi connectivity index (χ4n) is 3.10. The van der Waals surface area contributed by atoms with Gasteiger partial charge in [0.25, 0.3) is 0 Å². The van der Waals surface area contributed by atoms with Gasteiger partial charge in [0.15, 0.2) is 0 Å². The van der Waals surface area contributed by atoms with Crippen molar-refractivity contribution in [1.82, 2.24) is 4.98 Å². The largest absolute Gasteiger partial charge is 0.397 e. The SMILES string of the molecule is Nc1cnc(N2C[C@@H]3CC(F)(F)C[C@@H]3C2)c(Cl)c1. The maximum atomic E-state index is 13.3. The van der Waals surface area contributed by atoms with E-state index in [0.29, 0.717) is 29.6 Å². The molecular weight excluding hydrogens is 260 g/mol. The molecular formula is C12H14ClF2N3. The van der Waals surface area contributed by atoms with E-state index in [1.165, 1.54) is 0 Å². The van der Waals surface area contributed by atoms with Gasteiger partial charge in [-0.1, -0.05) is 11.6 Å². The molecule has 0 aromatic carbocycles. The maximum absolute atomic E-state index is 13.3. The summed E-state index contributed by atoms with van der Waals surface area (Å²) >= 11 is 6.09. The average molecular weight is 274 g/mol. The molecule has 3 nitrogen and oxygen atoms in total. The smallest absolute Gasteiger partial charge is 0.248 e. The second kappa shape index (κ2) is 3.95. The number of nitrogens with zero attached hydrogens (tertiary/aromatic N) is 2. The molecule has 1 saturated heterocycles. The van der Waals surface area contributed by atoms with Crippen molar-refractivity contribution < 1.29 is 8.78 Å². The molecule has 0 radical (unpaired) electrons. The van der Waals surface area contributed by atoms with Crippen LogP contribution in [0.2, 0.25) is 5.02 Å². The van der Waals surface area contributed by atoms with Crippen molar-refractivity contribution in [2.24, 2.45) is 11.8 Å². The van der Waals surface area contributed by atoms with Crippen LogP contribution in [0.25, 0.3) is 0 Å². The maximum Gasteiger partial charge on any atom is 0.248 e. The van der Waals surface area contributed by atoms with Gasteiger partial charge in [0.2, 0.25) is 5.92 Å². The van der Waals surface area contributed by atoms with Gasteiger partial charge in [0, 0.05) is 25.9 Å². The van der Waals surface area contributed by atoms with Gasteiger partial charge in [-0.05, 0) is 17.9 Å². The van der Waals surface area contributed by atoms with E-state index in [9.17, 15) is 8.78 Å². The summed E-state index contributed by atoms with van der Waals surface area (Å²) in [4.78, 5) is 6.20. The summed E-state index contributed by atoms with van der Waals surface area (Å²) in [6.45, 7) is 1.22. The molecule has 2 aliphatic rings. The van der Waals surface area contributed by atoms with Crippen LogP contribution in [0, 0.1) is 11.8 Å². The Morgan fingerprint density at radius 2 is 1.94 bits per heavy atom. The van der Waals surface area contributed by atoms with E-state index in [2.05, 4.69) is 4.98 Å². The zero-order chi connectivity index (χ0) is 12.9. The first-order valence-electron chi connectivity index (χ1n) is 5.98. The number of hydrogen-bond donors (Lipinski definition) is 1. The van der Waals surface area contributed by atoms with Gasteiger partial charge >= 0.3 is 0 Å². The Morgan fingerprint density at radius 3 is 2.50 bits per heavy atom. The molecule has 0 bridgehead atoms. The number of nitrogens with two attached hydrogens (primary N) is 1. The molecule has 1 saturated carbocycles. The number of rotatable bonds is 1. The molecule has 1 aromatic rings. The van der Waals surface area contributed by atoms with E-state index in [1.54, 1.807) is 12.3 Å². The summed E-state index contributed by atoms with van der Waals surface area (Å²) in [6, 6.07) is 1.65. The fraction of sp³-hybridized carbons (Fsp3) is 0.583. The van der Waals surface area contributed by atoms with Crippen molar-refractivity contribution in [1.29, 1.82) is 0 Å². The van der Waals surface area contributed by atoms with E-state index in [-0.39, 0.29) is 24.7 Å². The van der Waals surface area contributed by atoms with Crippen LogP contribution in [0.4, 0.5) is 20.3 Å². The fourth-order valence-corrected chi connectivity index (χ4v) is 3.40. The molecule has 2 heterocycles. The molecule has 2 N–H and O–H groups in total. The van der Waals surface area contributed by atoms with E-state index in [0.717, 1.165) is 0 Å². The van der Waals surface area contributed by atoms with Crippen LogP contribution >= 0.6 is 11.6 Å². The third-order valence-electron chi connectivity index (χ3n) is 3.84. The predicted molar refractivity (Wildman–Crippen MR) is 67.0 cm³/mol. The lowest BCUT2D eigenvalue weighted by Gasteiger charge is -2.21. The number of hydrogen-bond acceptors (Lipinski definition) is 3. The highest BCUT2D eigenvalue weighted by Crippen LogP contribution is 2.47. The Hall–Kier alpha value is -1.10. The number of nitrogen functional groups attached to an aromatic ring is 1. The highest BCUT2D eigenvalue weighted by atomic mass is 35.5. The van der Waals surface area contributed by atoms with Crippen molar-refractivity contribution in [3.8, 4) is 0 Å². The van der Waals surface area contributed by atoms with Crippen LogP contribution in [0.5, 0.6) is 0 Å². The highest BCUT2D eigenvalue weighted by Gasteiger charge is 2.50. The predicted octanol–water partition coefficient (Wildman–Crippen LogP) is 2.80. The minimum atomic E-state index is -2.49. The van der Waals surface area contributed by atoms with Crippen LogP contribution in [0.3, 0.4) is 0 Å². The van der Waals surface area contributed by atoms with E-state index < -0.39 is 5.92 Å². The van der Waals surface area contributed by atoms with Crippen molar-refractivity contribution in [3.05, 3.63) is 17.3 Å². The van der Waals surface area contributed by atoms with Gasteiger partial charge in [-0.25, -0.2) is 13.8 Å². The standard InChI is InChI=1S/C12H14ClF2N3/c13-10-1-9(16)4-17-11(10)18-5-7-2-12(14,15)3-8(7)6-18/h1,4,7-8H,2-3,5-6,16H2/t7-,8+. The Labute approximate surface area is 109 Å². The van der Waals surface area contributed by atoms with Gasteiger partial charge in [0.1, 0.15) is 5.82 Å². The Balaban J connectivity index is 1.78. The first kappa shape index (κ1) is 12.0. The van der Waals surface area contributed by atoms with E-state index >= 15 is 0 Å². The summed E-state index contributed by atoms with van der Waals surface area (Å²) in [5.74, 6) is -1.73. The van der Waals surface area contributed by atoms with E-state index in [4.69, 9.17) is 17.3 Å². The number of pyridine rings is 1. The van der Waals surface area contributed by atoms with Crippen molar-refractivity contribution in [2.75, 3.05) is 23.7 Å². The Kier molecular flexibility index (Phi) is 2.62. The van der Waals surface area contributed by atoms with Crippen molar-refractivity contribution in [2.45, 2.75) is 18.8 Å². The summed E-state index contributed by atoms with van der Waals surface area (Å²) in [6.07, 6.45) is 1.52. The molecule has 1 aliphatic heterocycles. The minimum Gasteiger partial charge on any atom is -0.397 e. The first-order valence-corrected chi connectivity index (χ1v) is 6.36. The zero-order valence-electron chi connectivity index (χ0n) is 9.74. The van der Waals surface area contributed by atoms with Crippen LogP contribution in [-0.2, 0) is 0 Å². The molecule has 1 aliphatic carbocycles. The van der Waals surface area contributed by atoms with Crippen LogP contribution in [0.15, 0.2) is 12.3 Å². The lowest BCUT2D eigenvalue weighted by atomic mass is 10.0. The third-order valence-corrected chi connectivity index (χ3v) is 4.12. The number of halogens is 3. The van der Waals surface area contributed by atoms with E-state index in [1.807, 2.05) is 4.90 Å². The summed E-state index contributed by atoms with van der Waals surface area (Å²) in [5.41, 5.74) is 6.10. The molecule has 2 fully saturated rings. The second-order valence-corrected chi connectivity index (χ2v) is 5.67. The number of alkyl halides is 2. The topological polar surface area (TPSA) is 42.1 Å². The van der Waals surface area contributed by atoms with Crippen LogP contribution in [-0.4, -0.2) is 24.0 Å². The quantitative estimate of drug-likeness (QED) is 0.855. The van der Waals surface area contributed by atoms with Crippen LogP contribution < -0.4 is 10.6 Å². The van der Waals surface area contributed by atoms with Gasteiger partial charge in [-0.15, -0.1) is 0 Å². The average Bonchev–Trinajstić information content (AvgIpc) is 2.70. The van der Waals surface area contributed by atoms with Gasteiger partial charge in [-0.3, -0.25) is 0 Å². The van der Waals surface area contributed by atoms with Crippen LogP contribution in [0.1, 0.15) is 12.8 Å². The third kappa shape index (κ3) is 2.00. The normalized spacial score (nSPS) is 29.6. The Morgan fingerprint density at radius 1 is 1.33 bits per heavy atom. The highest BCUT2D eigenvalue weighted by molar-refractivity contribution is 6.33. The molecule has 98 valence electrons. The molecule has 0 unspecified atom stereocenters. The molecule has 1 aromatic heterocycles. The lowest BCUT2D eigenvalue weighted by Crippen LogP contribution is -2.25. The van der Waals surface area contributed by atoms with Crippen molar-refractivity contribution in [3.63, 3.8) is 0 Å². The van der Waals surface area contributed by atoms with Gasteiger partial charge < -0.3 is 10.6 Å². The van der Waals surface area contributed by atoms with Gasteiger partial charge in [0.05, 0.1) is 16.9 Å². The molecule has 3 rings (SSSR count). The second-order valence-electron chi connectivity index (χ2n) is 5.26. The number of fused-ring (bicyclic) bond motifs is 1. The Bertz CT molecular complexity index is 464. The van der Waals surface area contributed by atoms with Crippen molar-refractivity contribution >= 4 is 23.1 Å². The zero-order valence-corrected chi connectivity index (χ0v) is 10.5. The molecule has 6 heteroatoms. The summed E-state index contributed by atoms with van der Waals surface area (Å²) < 4.78 is 26.5. The summed E-state index contributed by atoms with van der Waals surface area (Å²) in [5, 5.41) is 0.488. The monoisotopic (exact) mass is 273 g/mol. The lowest BCUT2D eigenvalue weighted by molar-refractivity contribution is 0.00173.